The van der Waals surface area contributed by atoms with Crippen LogP contribution >= 0.6 is 24.0 Å². The van der Waals surface area contributed by atoms with Crippen LogP contribution in [0.5, 0.6) is 0 Å². The van der Waals surface area contributed by atoms with Gasteiger partial charge >= 0.3 is 0 Å². The van der Waals surface area contributed by atoms with E-state index >= 15 is 0 Å². The Balaban J connectivity index is 0.00000320. The highest BCUT2D eigenvalue weighted by atomic mass is 127. The van der Waals surface area contributed by atoms with E-state index in [2.05, 4.69) is 36.9 Å². The molecule has 0 amide bonds. The molecule has 2 aromatic heterocycles. The van der Waals surface area contributed by atoms with Crippen LogP contribution in [0.3, 0.4) is 0 Å². The third kappa shape index (κ3) is 8.14. The zero-order valence-electron chi connectivity index (χ0n) is 17.8. The van der Waals surface area contributed by atoms with Crippen LogP contribution in [0, 0.1) is 0 Å². The lowest BCUT2D eigenvalue weighted by atomic mass is 10.1. The molecule has 1 saturated heterocycles. The quantitative estimate of drug-likeness (QED) is 0.189. The van der Waals surface area contributed by atoms with Gasteiger partial charge in [0.2, 0.25) is 0 Å². The molecule has 3 rings (SSSR count). The Hall–Kier alpha value is -1.81. The highest BCUT2D eigenvalue weighted by Gasteiger charge is 2.24. The van der Waals surface area contributed by atoms with Crippen molar-refractivity contribution in [3.05, 3.63) is 48.6 Å². The van der Waals surface area contributed by atoms with Crippen LogP contribution in [0.15, 0.2) is 52.2 Å². The lowest BCUT2D eigenvalue weighted by molar-refractivity contribution is 0.146. The van der Waals surface area contributed by atoms with Gasteiger partial charge in [-0.3, -0.25) is 9.89 Å². The molecule has 0 saturated carbocycles. The maximum atomic E-state index is 5.72. The lowest BCUT2D eigenvalue weighted by Gasteiger charge is -2.33. The first kappa shape index (κ1) is 24.5. The van der Waals surface area contributed by atoms with E-state index < -0.39 is 0 Å². The minimum absolute atomic E-state index is 0. The lowest BCUT2D eigenvalue weighted by Crippen LogP contribution is -2.44. The number of aromatic nitrogens is 1. The fourth-order valence-corrected chi connectivity index (χ4v) is 3.68. The summed E-state index contributed by atoms with van der Waals surface area (Å²) in [7, 11) is 1.82. The minimum Gasteiger partial charge on any atom is -0.468 e. The number of pyridine rings is 1. The highest BCUT2D eigenvalue weighted by molar-refractivity contribution is 14.0. The molecule has 0 radical (unpaired) electrons. The summed E-state index contributed by atoms with van der Waals surface area (Å²) in [6.45, 7) is 4.85. The van der Waals surface area contributed by atoms with E-state index in [0.29, 0.717) is 0 Å². The second-order valence-corrected chi connectivity index (χ2v) is 7.36. The average molecular weight is 526 g/mol. The van der Waals surface area contributed by atoms with E-state index in [4.69, 9.17) is 4.42 Å². The van der Waals surface area contributed by atoms with E-state index in [1.165, 1.54) is 19.3 Å². The monoisotopic (exact) mass is 526 g/mol. The number of nitrogens with zero attached hydrogens (tertiary/aromatic N) is 3. The van der Waals surface area contributed by atoms with Gasteiger partial charge in [0.1, 0.15) is 11.6 Å². The number of guanidine groups is 1. The van der Waals surface area contributed by atoms with E-state index in [9.17, 15) is 0 Å². The predicted octanol–water partition coefficient (Wildman–Crippen LogP) is 3.88. The van der Waals surface area contributed by atoms with Gasteiger partial charge in [-0.05, 0) is 63.0 Å². The van der Waals surface area contributed by atoms with Crippen LogP contribution in [0.1, 0.15) is 43.9 Å². The molecule has 1 unspecified atom stereocenters. The highest BCUT2D eigenvalue weighted by Crippen LogP contribution is 2.24. The summed E-state index contributed by atoms with van der Waals surface area (Å²) in [5.41, 5.74) is 0. The molecule has 0 spiro atoms. The Kier molecular flexibility index (Phi) is 11.6. The number of piperidine rings is 1. The van der Waals surface area contributed by atoms with Crippen molar-refractivity contribution in [2.75, 3.05) is 45.1 Å². The zero-order chi connectivity index (χ0) is 20.2. The molecule has 3 N–H and O–H groups in total. The molecule has 0 aromatic carbocycles. The Morgan fingerprint density at radius 3 is 2.63 bits per heavy atom. The Labute approximate surface area is 197 Å². The summed E-state index contributed by atoms with van der Waals surface area (Å²) in [5.74, 6) is 2.80. The molecule has 1 aliphatic heterocycles. The molecule has 166 valence electrons. The molecular weight excluding hydrogens is 491 g/mol. The van der Waals surface area contributed by atoms with Gasteiger partial charge in [-0.15, -0.1) is 24.0 Å². The normalized spacial score (nSPS) is 15.8. The predicted molar refractivity (Wildman–Crippen MR) is 134 cm³/mol. The largest absolute Gasteiger partial charge is 0.468 e. The number of hydrogen-bond acceptors (Lipinski definition) is 5. The first-order valence-electron chi connectivity index (χ1n) is 10.7. The van der Waals surface area contributed by atoms with E-state index in [-0.39, 0.29) is 30.0 Å². The topological polar surface area (TPSA) is 77.7 Å². The van der Waals surface area contributed by atoms with Crippen molar-refractivity contribution in [2.24, 2.45) is 4.99 Å². The van der Waals surface area contributed by atoms with E-state index in [0.717, 1.165) is 63.1 Å². The Morgan fingerprint density at radius 1 is 1.10 bits per heavy atom. The molecule has 2 aromatic rings. The van der Waals surface area contributed by atoms with Gasteiger partial charge in [0, 0.05) is 32.9 Å². The van der Waals surface area contributed by atoms with Crippen molar-refractivity contribution in [1.29, 1.82) is 0 Å². The average Bonchev–Trinajstić information content (AvgIpc) is 3.31. The molecule has 0 bridgehead atoms. The number of hydrogen-bond donors (Lipinski definition) is 3. The molecule has 7 nitrogen and oxygen atoms in total. The molecular formula is C22H35IN6O. The van der Waals surface area contributed by atoms with Crippen LogP contribution in [0.25, 0.3) is 0 Å². The summed E-state index contributed by atoms with van der Waals surface area (Å²) >= 11 is 0. The summed E-state index contributed by atoms with van der Waals surface area (Å²) in [6, 6.07) is 10.2. The number of nitrogens with one attached hydrogen (secondary N) is 3. The third-order valence-corrected chi connectivity index (χ3v) is 5.26. The Morgan fingerprint density at radius 2 is 1.93 bits per heavy atom. The van der Waals surface area contributed by atoms with Crippen LogP contribution in [-0.2, 0) is 0 Å². The van der Waals surface area contributed by atoms with Crippen molar-refractivity contribution in [2.45, 2.75) is 38.1 Å². The number of likely N-dealkylation sites (tertiary alicyclic amines) is 1. The number of rotatable bonds is 10. The fourth-order valence-electron chi connectivity index (χ4n) is 3.68. The van der Waals surface area contributed by atoms with E-state index in [1.54, 1.807) is 12.5 Å². The van der Waals surface area contributed by atoms with Crippen LogP contribution < -0.4 is 16.0 Å². The summed E-state index contributed by atoms with van der Waals surface area (Å²) in [6.07, 6.45) is 9.55. The molecule has 1 aliphatic rings. The maximum absolute atomic E-state index is 5.72. The molecule has 8 heteroatoms. The van der Waals surface area contributed by atoms with Crippen molar-refractivity contribution in [3.63, 3.8) is 0 Å². The second kappa shape index (κ2) is 14.2. The zero-order valence-corrected chi connectivity index (χ0v) is 20.2. The van der Waals surface area contributed by atoms with Gasteiger partial charge in [-0.1, -0.05) is 12.5 Å². The minimum atomic E-state index is 0. The SMILES string of the molecule is CN=C(NCCCCNc1ccccn1)NCC(c1ccco1)N1CCCCC1.I. The van der Waals surface area contributed by atoms with Crippen molar-refractivity contribution in [1.82, 2.24) is 20.5 Å². The van der Waals surface area contributed by atoms with E-state index in [1.807, 2.05) is 31.3 Å². The smallest absolute Gasteiger partial charge is 0.191 e. The van der Waals surface area contributed by atoms with Gasteiger partial charge in [-0.25, -0.2) is 4.98 Å². The third-order valence-electron chi connectivity index (χ3n) is 5.26. The van der Waals surface area contributed by atoms with Crippen molar-refractivity contribution in [3.8, 4) is 0 Å². The molecule has 0 aliphatic carbocycles. The van der Waals surface area contributed by atoms with Gasteiger partial charge in [0.25, 0.3) is 0 Å². The second-order valence-electron chi connectivity index (χ2n) is 7.36. The standard InChI is InChI=1S/C22H34N6O.HI/c1-23-22(26-14-6-5-13-25-21-11-3-4-12-24-21)27-18-19(20-10-9-17-29-20)28-15-7-2-8-16-28;/h3-4,9-12,17,19H,2,5-8,13-16,18H2,1H3,(H,24,25)(H2,23,26,27);1H. The van der Waals surface area contributed by atoms with Crippen molar-refractivity contribution < 1.29 is 4.42 Å². The van der Waals surface area contributed by atoms with Gasteiger partial charge in [0.15, 0.2) is 5.96 Å². The molecule has 1 atom stereocenters. The first-order chi connectivity index (χ1) is 14.4. The number of halogens is 1. The summed E-state index contributed by atoms with van der Waals surface area (Å²) in [4.78, 5) is 11.2. The maximum Gasteiger partial charge on any atom is 0.191 e. The van der Waals surface area contributed by atoms with Gasteiger partial charge in [0.05, 0.1) is 12.3 Å². The Bertz CT molecular complexity index is 704. The first-order valence-corrected chi connectivity index (χ1v) is 10.7. The number of furan rings is 1. The number of aliphatic imine (C=N–C) groups is 1. The van der Waals surface area contributed by atoms with Gasteiger partial charge in [-0.2, -0.15) is 0 Å². The molecule has 3 heterocycles. The van der Waals surface area contributed by atoms with Crippen LogP contribution in [0.4, 0.5) is 5.82 Å². The number of anilines is 1. The molecule has 30 heavy (non-hydrogen) atoms. The van der Waals surface area contributed by atoms with Gasteiger partial charge < -0.3 is 20.4 Å². The summed E-state index contributed by atoms with van der Waals surface area (Å²) < 4.78 is 5.72. The van der Waals surface area contributed by atoms with Crippen molar-refractivity contribution >= 4 is 35.8 Å². The van der Waals surface area contributed by atoms with Crippen LogP contribution in [-0.4, -0.2) is 55.6 Å². The fraction of sp³-hybridized carbons (Fsp3) is 0.545. The molecule has 1 fully saturated rings. The number of unbranched alkanes of at least 4 members (excludes halogenated alkanes) is 1. The van der Waals surface area contributed by atoms with Crippen LogP contribution in [0.2, 0.25) is 0 Å². The summed E-state index contributed by atoms with van der Waals surface area (Å²) in [5, 5.41) is 10.2.